The number of para-hydroxylation sites is 1. The first kappa shape index (κ1) is 19.3. The standard InChI is InChI=1S/C26H19N3O4/c1-16(30)29-26(33-25(28-29)18-11-12-23-24(13-18)32-15-31-23)20-14-22(17-7-3-2-4-8-17)27-21-10-6-5-9-19(20)21/h2-14,26H,15H2,1H3/t26-/m0/s1. The molecule has 0 fully saturated rings. The number of rotatable bonds is 3. The molecule has 0 spiro atoms. The zero-order valence-corrected chi connectivity index (χ0v) is 17.8. The molecule has 0 aliphatic carbocycles. The van der Waals surface area contributed by atoms with Gasteiger partial charge < -0.3 is 14.2 Å². The van der Waals surface area contributed by atoms with Gasteiger partial charge in [0, 0.05) is 29.0 Å². The SMILES string of the molecule is CC(=O)N1N=C(c2ccc3c(c2)OCO3)O[C@H]1c1cc(-c2ccccc2)nc2ccccc12. The molecule has 2 aliphatic rings. The van der Waals surface area contributed by atoms with Gasteiger partial charge in [0.1, 0.15) is 0 Å². The normalized spacial score (nSPS) is 16.6. The fourth-order valence-electron chi connectivity index (χ4n) is 4.08. The van der Waals surface area contributed by atoms with E-state index >= 15 is 0 Å². The highest BCUT2D eigenvalue weighted by atomic mass is 16.7. The molecule has 1 aromatic heterocycles. The van der Waals surface area contributed by atoms with E-state index in [4.69, 9.17) is 19.2 Å². The molecule has 3 aromatic carbocycles. The lowest BCUT2D eigenvalue weighted by molar-refractivity contribution is -0.135. The second kappa shape index (κ2) is 7.63. The van der Waals surface area contributed by atoms with Gasteiger partial charge in [0.05, 0.1) is 11.2 Å². The maximum absolute atomic E-state index is 12.6. The highest BCUT2D eigenvalue weighted by Crippen LogP contribution is 2.38. The molecule has 33 heavy (non-hydrogen) atoms. The Morgan fingerprint density at radius 3 is 2.55 bits per heavy atom. The minimum atomic E-state index is -0.724. The Labute approximate surface area is 189 Å². The Balaban J connectivity index is 1.46. The fourth-order valence-corrected chi connectivity index (χ4v) is 4.08. The van der Waals surface area contributed by atoms with Crippen LogP contribution in [0.3, 0.4) is 0 Å². The summed E-state index contributed by atoms with van der Waals surface area (Å²) in [4.78, 5) is 17.4. The highest BCUT2D eigenvalue weighted by molar-refractivity contribution is 5.97. The van der Waals surface area contributed by atoms with Crippen LogP contribution in [0, 0.1) is 0 Å². The number of hydrogen-bond donors (Lipinski definition) is 0. The number of fused-ring (bicyclic) bond motifs is 2. The lowest BCUT2D eigenvalue weighted by atomic mass is 10.0. The van der Waals surface area contributed by atoms with Crippen molar-refractivity contribution in [2.24, 2.45) is 5.10 Å². The molecule has 7 nitrogen and oxygen atoms in total. The zero-order chi connectivity index (χ0) is 22.4. The lowest BCUT2D eigenvalue weighted by Crippen LogP contribution is -2.25. The molecule has 6 rings (SSSR count). The summed E-state index contributed by atoms with van der Waals surface area (Å²) in [6.07, 6.45) is -0.724. The second-order valence-electron chi connectivity index (χ2n) is 7.79. The third kappa shape index (κ3) is 3.34. The van der Waals surface area contributed by atoms with Crippen LogP contribution in [-0.2, 0) is 9.53 Å². The van der Waals surface area contributed by atoms with E-state index in [1.165, 1.54) is 11.9 Å². The van der Waals surface area contributed by atoms with Crippen molar-refractivity contribution in [2.45, 2.75) is 13.2 Å². The van der Waals surface area contributed by atoms with Crippen LogP contribution in [0.5, 0.6) is 11.5 Å². The van der Waals surface area contributed by atoms with Crippen molar-refractivity contribution in [1.29, 1.82) is 0 Å². The Morgan fingerprint density at radius 1 is 0.909 bits per heavy atom. The number of pyridine rings is 1. The van der Waals surface area contributed by atoms with Crippen LogP contribution >= 0.6 is 0 Å². The number of nitrogens with zero attached hydrogens (tertiary/aromatic N) is 3. The summed E-state index contributed by atoms with van der Waals surface area (Å²) in [6.45, 7) is 1.66. The van der Waals surface area contributed by atoms with Crippen LogP contribution in [-0.4, -0.2) is 28.6 Å². The molecular formula is C26H19N3O4. The van der Waals surface area contributed by atoms with Gasteiger partial charge in [-0.1, -0.05) is 48.5 Å². The molecule has 4 aromatic rings. The largest absolute Gasteiger partial charge is 0.454 e. The number of carbonyl (C=O) groups is 1. The van der Waals surface area contributed by atoms with E-state index in [0.717, 1.165) is 27.7 Å². The number of amides is 1. The van der Waals surface area contributed by atoms with E-state index in [-0.39, 0.29) is 12.7 Å². The molecule has 7 heteroatoms. The summed E-state index contributed by atoms with van der Waals surface area (Å²) < 4.78 is 17.2. The van der Waals surface area contributed by atoms with Gasteiger partial charge in [-0.05, 0) is 30.3 Å². The number of carbonyl (C=O) groups excluding carboxylic acids is 1. The predicted molar refractivity (Wildman–Crippen MR) is 123 cm³/mol. The molecule has 162 valence electrons. The zero-order valence-electron chi connectivity index (χ0n) is 17.8. The summed E-state index contributed by atoms with van der Waals surface area (Å²) in [5.74, 6) is 1.41. The summed E-state index contributed by atoms with van der Waals surface area (Å²) in [7, 11) is 0. The van der Waals surface area contributed by atoms with Gasteiger partial charge >= 0.3 is 0 Å². The molecule has 3 heterocycles. The first-order chi connectivity index (χ1) is 16.2. The number of hydrogen-bond acceptors (Lipinski definition) is 6. The average Bonchev–Trinajstić information content (AvgIpc) is 3.51. The van der Waals surface area contributed by atoms with Crippen LogP contribution in [0.25, 0.3) is 22.2 Å². The van der Waals surface area contributed by atoms with Gasteiger partial charge in [-0.15, -0.1) is 5.10 Å². The molecule has 1 atom stereocenters. The van der Waals surface area contributed by atoms with Gasteiger partial charge in [-0.2, -0.15) is 5.01 Å². The number of hydrazone groups is 1. The van der Waals surface area contributed by atoms with E-state index in [2.05, 4.69) is 5.10 Å². The molecule has 1 amide bonds. The fraction of sp³-hybridized carbons (Fsp3) is 0.115. The van der Waals surface area contributed by atoms with Crippen LogP contribution in [0.2, 0.25) is 0 Å². The van der Waals surface area contributed by atoms with Crippen LogP contribution in [0.4, 0.5) is 0 Å². The van der Waals surface area contributed by atoms with Crippen molar-refractivity contribution in [3.63, 3.8) is 0 Å². The van der Waals surface area contributed by atoms with Crippen molar-refractivity contribution < 1.29 is 19.0 Å². The third-order valence-corrected chi connectivity index (χ3v) is 5.67. The maximum atomic E-state index is 12.6. The summed E-state index contributed by atoms with van der Waals surface area (Å²) in [6, 6.07) is 25.2. The minimum Gasteiger partial charge on any atom is -0.454 e. The number of benzene rings is 3. The van der Waals surface area contributed by atoms with Gasteiger partial charge in [-0.25, -0.2) is 4.98 Å². The molecule has 2 aliphatic heterocycles. The Bertz CT molecular complexity index is 1420. The molecule has 0 radical (unpaired) electrons. The van der Waals surface area contributed by atoms with Crippen molar-refractivity contribution in [2.75, 3.05) is 6.79 Å². The van der Waals surface area contributed by atoms with Crippen molar-refractivity contribution in [3.8, 4) is 22.8 Å². The van der Waals surface area contributed by atoms with Gasteiger partial charge in [-0.3, -0.25) is 4.79 Å². The van der Waals surface area contributed by atoms with Gasteiger partial charge in [0.15, 0.2) is 11.5 Å². The molecule has 0 saturated carbocycles. The quantitative estimate of drug-likeness (QED) is 0.457. The monoisotopic (exact) mass is 437 g/mol. The predicted octanol–water partition coefficient (Wildman–Crippen LogP) is 4.87. The summed E-state index contributed by atoms with van der Waals surface area (Å²) in [5.41, 5.74) is 4.11. The Kier molecular flexibility index (Phi) is 4.47. The van der Waals surface area contributed by atoms with Crippen molar-refractivity contribution in [1.82, 2.24) is 9.99 Å². The van der Waals surface area contributed by atoms with E-state index in [0.29, 0.717) is 23.0 Å². The summed E-state index contributed by atoms with van der Waals surface area (Å²) in [5, 5.41) is 6.78. The lowest BCUT2D eigenvalue weighted by Gasteiger charge is -2.21. The van der Waals surface area contributed by atoms with E-state index < -0.39 is 6.23 Å². The van der Waals surface area contributed by atoms with Gasteiger partial charge in [0.25, 0.3) is 0 Å². The third-order valence-electron chi connectivity index (χ3n) is 5.67. The second-order valence-corrected chi connectivity index (χ2v) is 7.79. The average molecular weight is 437 g/mol. The Morgan fingerprint density at radius 2 is 1.70 bits per heavy atom. The maximum Gasteiger partial charge on any atom is 0.243 e. The van der Waals surface area contributed by atoms with E-state index in [1.54, 1.807) is 0 Å². The van der Waals surface area contributed by atoms with Gasteiger partial charge in [0.2, 0.25) is 24.8 Å². The van der Waals surface area contributed by atoms with E-state index in [9.17, 15) is 4.79 Å². The molecule has 0 N–H and O–H groups in total. The molecule has 0 unspecified atom stereocenters. The van der Waals surface area contributed by atoms with Crippen LogP contribution < -0.4 is 9.47 Å². The van der Waals surface area contributed by atoms with Crippen molar-refractivity contribution >= 4 is 22.7 Å². The molecular weight excluding hydrogens is 418 g/mol. The first-order valence-electron chi connectivity index (χ1n) is 10.6. The number of aromatic nitrogens is 1. The van der Waals surface area contributed by atoms with Crippen LogP contribution in [0.1, 0.15) is 24.3 Å². The smallest absolute Gasteiger partial charge is 0.243 e. The minimum absolute atomic E-state index is 0.180. The van der Waals surface area contributed by atoms with Crippen LogP contribution in [0.15, 0.2) is 84.0 Å². The Hall–Kier alpha value is -4.39. The van der Waals surface area contributed by atoms with Crippen molar-refractivity contribution in [3.05, 3.63) is 90.0 Å². The highest BCUT2D eigenvalue weighted by Gasteiger charge is 2.35. The molecule has 0 saturated heterocycles. The summed E-state index contributed by atoms with van der Waals surface area (Å²) >= 11 is 0. The van der Waals surface area contributed by atoms with E-state index in [1.807, 2.05) is 78.9 Å². The molecule has 0 bridgehead atoms. The topological polar surface area (TPSA) is 73.3 Å². The number of ether oxygens (including phenoxy) is 3. The first-order valence-corrected chi connectivity index (χ1v) is 10.6.